The highest BCUT2D eigenvalue weighted by molar-refractivity contribution is 7.16. The number of nitrogens with two attached hydrogens (primary N) is 1. The standard InChI is InChI=1S/C15H19ClN2S/c1-10-3-4-11(2)12(7-10)8-13(18-17)9-14-5-6-15(16)19-14/h3-7,13,18H,8-9,17H2,1-2H3. The Morgan fingerprint density at radius 1 is 1.21 bits per heavy atom. The minimum atomic E-state index is 0.232. The van der Waals surface area contributed by atoms with Gasteiger partial charge in [-0.1, -0.05) is 35.4 Å². The van der Waals surface area contributed by atoms with Gasteiger partial charge in [0.25, 0.3) is 0 Å². The molecule has 4 heteroatoms. The van der Waals surface area contributed by atoms with E-state index in [1.807, 2.05) is 6.07 Å². The van der Waals surface area contributed by atoms with Crippen molar-refractivity contribution in [2.75, 3.05) is 0 Å². The number of rotatable bonds is 5. The fourth-order valence-corrected chi connectivity index (χ4v) is 3.35. The largest absolute Gasteiger partial charge is 0.271 e. The molecular formula is C15H19ClN2S. The van der Waals surface area contributed by atoms with Crippen molar-refractivity contribution in [3.8, 4) is 0 Å². The number of aryl methyl sites for hydroxylation is 2. The molecule has 1 aromatic heterocycles. The first-order valence-electron chi connectivity index (χ1n) is 6.35. The number of thiophene rings is 1. The van der Waals surface area contributed by atoms with E-state index in [-0.39, 0.29) is 6.04 Å². The molecule has 0 saturated carbocycles. The predicted molar refractivity (Wildman–Crippen MR) is 83.8 cm³/mol. The lowest BCUT2D eigenvalue weighted by atomic mass is 9.97. The Morgan fingerprint density at radius 2 is 2.00 bits per heavy atom. The van der Waals surface area contributed by atoms with Gasteiger partial charge < -0.3 is 0 Å². The van der Waals surface area contributed by atoms with Crippen molar-refractivity contribution >= 4 is 22.9 Å². The zero-order chi connectivity index (χ0) is 13.8. The SMILES string of the molecule is Cc1ccc(C)c(CC(Cc2ccc(Cl)s2)NN)c1. The maximum absolute atomic E-state index is 5.96. The number of hydrazine groups is 1. The monoisotopic (exact) mass is 294 g/mol. The minimum Gasteiger partial charge on any atom is -0.271 e. The van der Waals surface area contributed by atoms with Crippen molar-refractivity contribution in [3.63, 3.8) is 0 Å². The number of hydrogen-bond donors (Lipinski definition) is 2. The van der Waals surface area contributed by atoms with Crippen LogP contribution in [0.15, 0.2) is 30.3 Å². The molecule has 3 N–H and O–H groups in total. The Labute approximate surface area is 123 Å². The van der Waals surface area contributed by atoms with Crippen molar-refractivity contribution in [3.05, 3.63) is 56.2 Å². The lowest BCUT2D eigenvalue weighted by molar-refractivity contribution is 0.524. The Bertz CT molecular complexity index is 551. The molecule has 0 amide bonds. The van der Waals surface area contributed by atoms with Gasteiger partial charge in [-0.15, -0.1) is 11.3 Å². The molecule has 0 spiro atoms. The predicted octanol–water partition coefficient (Wildman–Crippen LogP) is 3.64. The third-order valence-electron chi connectivity index (χ3n) is 3.28. The first kappa shape index (κ1) is 14.5. The lowest BCUT2D eigenvalue weighted by Crippen LogP contribution is -2.38. The van der Waals surface area contributed by atoms with Crippen molar-refractivity contribution in [1.29, 1.82) is 0 Å². The smallest absolute Gasteiger partial charge is 0.0931 e. The summed E-state index contributed by atoms with van der Waals surface area (Å²) in [6.45, 7) is 4.26. The Balaban J connectivity index is 2.08. The highest BCUT2D eigenvalue weighted by Gasteiger charge is 2.12. The molecule has 2 rings (SSSR count). The summed E-state index contributed by atoms with van der Waals surface area (Å²) in [5.74, 6) is 5.69. The van der Waals surface area contributed by atoms with Crippen LogP contribution in [0.25, 0.3) is 0 Å². The molecule has 0 saturated heterocycles. The average Bonchev–Trinajstić information content (AvgIpc) is 2.78. The van der Waals surface area contributed by atoms with E-state index >= 15 is 0 Å². The molecule has 19 heavy (non-hydrogen) atoms. The zero-order valence-electron chi connectivity index (χ0n) is 11.2. The van der Waals surface area contributed by atoms with E-state index in [1.54, 1.807) is 11.3 Å². The number of benzene rings is 1. The molecule has 0 radical (unpaired) electrons. The summed E-state index contributed by atoms with van der Waals surface area (Å²) in [6.07, 6.45) is 1.83. The van der Waals surface area contributed by atoms with Crippen LogP contribution in [0.5, 0.6) is 0 Å². The van der Waals surface area contributed by atoms with Gasteiger partial charge in [0.05, 0.1) is 4.34 Å². The van der Waals surface area contributed by atoms with Gasteiger partial charge in [-0.25, -0.2) is 0 Å². The normalized spacial score (nSPS) is 12.6. The molecule has 2 nitrogen and oxygen atoms in total. The van der Waals surface area contributed by atoms with E-state index in [2.05, 4.69) is 43.5 Å². The van der Waals surface area contributed by atoms with Gasteiger partial charge in [0.15, 0.2) is 0 Å². The van der Waals surface area contributed by atoms with Crippen molar-refractivity contribution in [2.45, 2.75) is 32.7 Å². The topological polar surface area (TPSA) is 38.0 Å². The maximum Gasteiger partial charge on any atom is 0.0931 e. The average molecular weight is 295 g/mol. The third-order valence-corrected chi connectivity index (χ3v) is 4.54. The van der Waals surface area contributed by atoms with Crippen LogP contribution in [0.4, 0.5) is 0 Å². The molecular weight excluding hydrogens is 276 g/mol. The summed E-state index contributed by atoms with van der Waals surface area (Å²) in [5, 5.41) is 0. The fraction of sp³-hybridized carbons (Fsp3) is 0.333. The zero-order valence-corrected chi connectivity index (χ0v) is 12.8. The van der Waals surface area contributed by atoms with E-state index < -0.39 is 0 Å². The minimum absolute atomic E-state index is 0.232. The first-order valence-corrected chi connectivity index (χ1v) is 7.54. The molecule has 102 valence electrons. The summed E-state index contributed by atoms with van der Waals surface area (Å²) in [7, 11) is 0. The van der Waals surface area contributed by atoms with Crippen molar-refractivity contribution in [1.82, 2.24) is 5.43 Å². The van der Waals surface area contributed by atoms with Gasteiger partial charge in [0, 0.05) is 10.9 Å². The molecule has 0 fully saturated rings. The summed E-state index contributed by atoms with van der Waals surface area (Å²) in [6, 6.07) is 10.8. The van der Waals surface area contributed by atoms with Gasteiger partial charge in [-0.3, -0.25) is 11.3 Å². The van der Waals surface area contributed by atoms with Gasteiger partial charge in [-0.05, 0) is 49.9 Å². The maximum atomic E-state index is 5.96. The number of halogens is 1. The second kappa shape index (κ2) is 6.53. The van der Waals surface area contributed by atoms with Crippen LogP contribution in [-0.4, -0.2) is 6.04 Å². The molecule has 0 aliphatic carbocycles. The van der Waals surface area contributed by atoms with E-state index in [9.17, 15) is 0 Å². The second-order valence-electron chi connectivity index (χ2n) is 4.91. The second-order valence-corrected chi connectivity index (χ2v) is 6.71. The van der Waals surface area contributed by atoms with Gasteiger partial charge in [-0.2, -0.15) is 0 Å². The van der Waals surface area contributed by atoms with E-state index in [0.717, 1.165) is 17.2 Å². The highest BCUT2D eigenvalue weighted by Crippen LogP contribution is 2.23. The third kappa shape index (κ3) is 4.05. The summed E-state index contributed by atoms with van der Waals surface area (Å²) in [4.78, 5) is 1.26. The molecule has 0 aliphatic rings. The molecule has 1 atom stereocenters. The fourth-order valence-electron chi connectivity index (χ4n) is 2.18. The van der Waals surface area contributed by atoms with Crippen molar-refractivity contribution < 1.29 is 0 Å². The Kier molecular flexibility index (Phi) is 4.99. The summed E-state index contributed by atoms with van der Waals surface area (Å²) >= 11 is 7.58. The molecule has 0 aliphatic heterocycles. The summed E-state index contributed by atoms with van der Waals surface area (Å²) in [5.41, 5.74) is 6.87. The first-order chi connectivity index (χ1) is 9.08. The molecule has 2 aromatic rings. The van der Waals surface area contributed by atoms with Gasteiger partial charge in [0.2, 0.25) is 0 Å². The van der Waals surface area contributed by atoms with Crippen molar-refractivity contribution in [2.24, 2.45) is 5.84 Å². The van der Waals surface area contributed by atoms with E-state index in [4.69, 9.17) is 17.4 Å². The highest BCUT2D eigenvalue weighted by atomic mass is 35.5. The summed E-state index contributed by atoms with van der Waals surface area (Å²) < 4.78 is 0.831. The van der Waals surface area contributed by atoms with Crippen LogP contribution in [0, 0.1) is 13.8 Å². The molecule has 1 aromatic carbocycles. The molecule has 0 bridgehead atoms. The molecule has 1 unspecified atom stereocenters. The van der Waals surface area contributed by atoms with E-state index in [0.29, 0.717) is 0 Å². The quantitative estimate of drug-likeness (QED) is 0.653. The van der Waals surface area contributed by atoms with Crippen LogP contribution >= 0.6 is 22.9 Å². The van der Waals surface area contributed by atoms with Crippen LogP contribution in [0.1, 0.15) is 21.6 Å². The van der Waals surface area contributed by atoms with E-state index in [1.165, 1.54) is 21.6 Å². The lowest BCUT2D eigenvalue weighted by Gasteiger charge is -2.17. The van der Waals surface area contributed by atoms with Crippen LogP contribution in [-0.2, 0) is 12.8 Å². The van der Waals surface area contributed by atoms with Gasteiger partial charge in [0.1, 0.15) is 0 Å². The number of nitrogens with one attached hydrogen (secondary N) is 1. The number of hydrogen-bond acceptors (Lipinski definition) is 3. The Hall–Kier alpha value is -0.870. The van der Waals surface area contributed by atoms with Gasteiger partial charge >= 0.3 is 0 Å². The Morgan fingerprint density at radius 3 is 2.63 bits per heavy atom. The molecule has 1 heterocycles. The van der Waals surface area contributed by atoms with Crippen LogP contribution in [0.3, 0.4) is 0 Å². The van der Waals surface area contributed by atoms with Crippen LogP contribution < -0.4 is 11.3 Å². The van der Waals surface area contributed by atoms with Crippen LogP contribution in [0.2, 0.25) is 4.34 Å².